The SMILES string of the molecule is COc1nc(C2=NOCC(c3ccccc3C)N2)ccc1Br. The van der Waals surface area contributed by atoms with Gasteiger partial charge in [-0.3, -0.25) is 0 Å². The van der Waals surface area contributed by atoms with Crippen molar-refractivity contribution in [3.63, 3.8) is 0 Å². The van der Waals surface area contributed by atoms with Crippen LogP contribution in [0.25, 0.3) is 0 Å². The van der Waals surface area contributed by atoms with E-state index in [0.717, 1.165) is 4.47 Å². The van der Waals surface area contributed by atoms with Crippen LogP contribution >= 0.6 is 15.9 Å². The van der Waals surface area contributed by atoms with Crippen molar-refractivity contribution in [2.24, 2.45) is 5.16 Å². The number of aromatic nitrogens is 1. The number of methoxy groups -OCH3 is 1. The molecule has 1 aromatic heterocycles. The zero-order valence-electron chi connectivity index (χ0n) is 12.3. The maximum Gasteiger partial charge on any atom is 0.228 e. The van der Waals surface area contributed by atoms with Crippen LogP contribution in [-0.2, 0) is 4.84 Å². The fourth-order valence-electron chi connectivity index (χ4n) is 2.37. The van der Waals surface area contributed by atoms with E-state index in [4.69, 9.17) is 9.57 Å². The zero-order valence-corrected chi connectivity index (χ0v) is 13.9. The molecule has 1 aromatic carbocycles. The van der Waals surface area contributed by atoms with Crippen LogP contribution in [0.3, 0.4) is 0 Å². The molecule has 0 saturated heterocycles. The number of hydrogen-bond acceptors (Lipinski definition) is 5. The van der Waals surface area contributed by atoms with E-state index in [2.05, 4.69) is 50.4 Å². The number of halogens is 1. The first kappa shape index (κ1) is 14.8. The minimum atomic E-state index is 0.0464. The van der Waals surface area contributed by atoms with Crippen molar-refractivity contribution in [2.45, 2.75) is 13.0 Å². The fourth-order valence-corrected chi connectivity index (χ4v) is 2.76. The molecule has 0 bridgehead atoms. The van der Waals surface area contributed by atoms with Gasteiger partial charge in [0.2, 0.25) is 5.88 Å². The van der Waals surface area contributed by atoms with Gasteiger partial charge in [-0.05, 0) is 46.1 Å². The van der Waals surface area contributed by atoms with Gasteiger partial charge in [-0.1, -0.05) is 29.4 Å². The second kappa shape index (κ2) is 6.36. The van der Waals surface area contributed by atoms with Crippen LogP contribution in [0.5, 0.6) is 5.88 Å². The summed E-state index contributed by atoms with van der Waals surface area (Å²) < 4.78 is 6.02. The van der Waals surface area contributed by atoms with E-state index < -0.39 is 0 Å². The summed E-state index contributed by atoms with van der Waals surface area (Å²) in [4.78, 5) is 9.82. The van der Waals surface area contributed by atoms with Crippen molar-refractivity contribution in [1.82, 2.24) is 10.3 Å². The molecule has 0 fully saturated rings. The minimum absolute atomic E-state index is 0.0464. The van der Waals surface area contributed by atoms with Gasteiger partial charge in [0.15, 0.2) is 5.84 Å². The lowest BCUT2D eigenvalue weighted by Crippen LogP contribution is -2.36. The van der Waals surface area contributed by atoms with Crippen molar-refractivity contribution in [3.8, 4) is 5.88 Å². The Kier molecular flexibility index (Phi) is 4.29. The maximum absolute atomic E-state index is 5.40. The Morgan fingerprint density at radius 2 is 2.09 bits per heavy atom. The summed E-state index contributed by atoms with van der Waals surface area (Å²) >= 11 is 3.39. The van der Waals surface area contributed by atoms with E-state index >= 15 is 0 Å². The van der Waals surface area contributed by atoms with Crippen LogP contribution in [0.15, 0.2) is 46.0 Å². The molecule has 3 rings (SSSR count). The third-order valence-electron chi connectivity index (χ3n) is 3.52. The largest absolute Gasteiger partial charge is 0.480 e. The number of hydrogen-bond donors (Lipinski definition) is 1. The molecule has 22 heavy (non-hydrogen) atoms. The summed E-state index contributed by atoms with van der Waals surface area (Å²) in [7, 11) is 1.58. The van der Waals surface area contributed by atoms with Crippen LogP contribution in [0.2, 0.25) is 0 Å². The Hall–Kier alpha value is -2.08. The Morgan fingerprint density at radius 3 is 2.86 bits per heavy atom. The van der Waals surface area contributed by atoms with E-state index in [1.54, 1.807) is 7.11 Å². The molecule has 2 heterocycles. The molecule has 1 atom stereocenters. The van der Waals surface area contributed by atoms with Gasteiger partial charge in [0.1, 0.15) is 12.3 Å². The van der Waals surface area contributed by atoms with Crippen molar-refractivity contribution in [1.29, 1.82) is 0 Å². The summed E-state index contributed by atoms with van der Waals surface area (Å²) in [6.07, 6.45) is 0. The molecule has 6 heteroatoms. The number of nitrogens with zero attached hydrogens (tertiary/aromatic N) is 2. The van der Waals surface area contributed by atoms with Crippen LogP contribution in [0.4, 0.5) is 0 Å². The normalized spacial score (nSPS) is 17.2. The highest BCUT2D eigenvalue weighted by Gasteiger charge is 2.22. The van der Waals surface area contributed by atoms with Gasteiger partial charge in [0.05, 0.1) is 17.6 Å². The first-order valence-electron chi connectivity index (χ1n) is 6.92. The molecule has 0 aliphatic carbocycles. The number of aryl methyl sites for hydroxylation is 1. The third kappa shape index (κ3) is 2.92. The highest BCUT2D eigenvalue weighted by atomic mass is 79.9. The molecule has 0 saturated carbocycles. The molecule has 5 nitrogen and oxygen atoms in total. The van der Waals surface area contributed by atoms with Gasteiger partial charge in [-0.25, -0.2) is 4.98 Å². The smallest absolute Gasteiger partial charge is 0.228 e. The van der Waals surface area contributed by atoms with Gasteiger partial charge >= 0.3 is 0 Å². The Balaban J connectivity index is 1.87. The van der Waals surface area contributed by atoms with Crippen LogP contribution in [0, 0.1) is 6.92 Å². The zero-order chi connectivity index (χ0) is 15.5. The van der Waals surface area contributed by atoms with Gasteiger partial charge < -0.3 is 14.9 Å². The number of rotatable bonds is 3. The van der Waals surface area contributed by atoms with Gasteiger partial charge in [-0.2, -0.15) is 0 Å². The summed E-state index contributed by atoms with van der Waals surface area (Å²) in [5, 5.41) is 7.47. The summed E-state index contributed by atoms with van der Waals surface area (Å²) in [5.41, 5.74) is 3.09. The first-order chi connectivity index (χ1) is 10.7. The summed E-state index contributed by atoms with van der Waals surface area (Å²) in [6, 6.07) is 12.0. The number of pyridine rings is 1. The molecule has 0 amide bonds. The molecule has 1 N–H and O–H groups in total. The average molecular weight is 362 g/mol. The summed E-state index contributed by atoms with van der Waals surface area (Å²) in [6.45, 7) is 2.57. The van der Waals surface area contributed by atoms with Gasteiger partial charge in [-0.15, -0.1) is 0 Å². The third-order valence-corrected chi connectivity index (χ3v) is 4.13. The van der Waals surface area contributed by atoms with Crippen molar-refractivity contribution < 1.29 is 9.57 Å². The molecule has 114 valence electrons. The lowest BCUT2D eigenvalue weighted by molar-refractivity contribution is 0.109. The van der Waals surface area contributed by atoms with E-state index in [-0.39, 0.29) is 6.04 Å². The lowest BCUT2D eigenvalue weighted by atomic mass is 10.0. The maximum atomic E-state index is 5.40. The molecule has 2 aromatic rings. The Labute approximate surface area is 137 Å². The van der Waals surface area contributed by atoms with Crippen molar-refractivity contribution in [3.05, 3.63) is 57.7 Å². The number of ether oxygens (including phenoxy) is 1. The Morgan fingerprint density at radius 1 is 1.27 bits per heavy atom. The number of amidine groups is 1. The molecule has 1 unspecified atom stereocenters. The number of benzene rings is 1. The van der Waals surface area contributed by atoms with Crippen LogP contribution in [0.1, 0.15) is 22.9 Å². The molecule has 1 aliphatic rings. The second-order valence-electron chi connectivity index (χ2n) is 4.98. The van der Waals surface area contributed by atoms with E-state index in [0.29, 0.717) is 24.0 Å². The summed E-state index contributed by atoms with van der Waals surface area (Å²) in [5.74, 6) is 1.12. The van der Waals surface area contributed by atoms with Crippen LogP contribution in [-0.4, -0.2) is 24.5 Å². The predicted octanol–water partition coefficient (Wildman–Crippen LogP) is 3.18. The van der Waals surface area contributed by atoms with Gasteiger partial charge in [0, 0.05) is 0 Å². The quantitative estimate of drug-likeness (QED) is 0.911. The molecular weight excluding hydrogens is 346 g/mol. The Bertz CT molecular complexity index is 718. The van der Waals surface area contributed by atoms with E-state index in [9.17, 15) is 0 Å². The van der Waals surface area contributed by atoms with Crippen molar-refractivity contribution in [2.75, 3.05) is 13.7 Å². The molecule has 1 aliphatic heterocycles. The first-order valence-corrected chi connectivity index (χ1v) is 7.71. The molecule has 0 radical (unpaired) electrons. The monoisotopic (exact) mass is 361 g/mol. The molecular formula is C16H16BrN3O2. The minimum Gasteiger partial charge on any atom is -0.480 e. The highest BCUT2D eigenvalue weighted by Crippen LogP contribution is 2.24. The highest BCUT2D eigenvalue weighted by molar-refractivity contribution is 9.10. The second-order valence-corrected chi connectivity index (χ2v) is 5.83. The number of oxime groups is 1. The fraction of sp³-hybridized carbons (Fsp3) is 0.250. The van der Waals surface area contributed by atoms with Crippen molar-refractivity contribution >= 4 is 21.8 Å². The standard InChI is InChI=1S/C16H16BrN3O2/c1-10-5-3-4-6-11(10)14-9-22-20-15(18-14)13-8-7-12(17)16(19-13)21-2/h3-8,14H,9H2,1-2H3,(H,18,20). The number of nitrogens with one attached hydrogen (secondary N) is 1. The predicted molar refractivity (Wildman–Crippen MR) is 88.0 cm³/mol. The van der Waals surface area contributed by atoms with Gasteiger partial charge in [0.25, 0.3) is 0 Å². The van der Waals surface area contributed by atoms with Crippen LogP contribution < -0.4 is 10.1 Å². The average Bonchev–Trinajstić information content (AvgIpc) is 2.56. The lowest BCUT2D eigenvalue weighted by Gasteiger charge is -2.25. The topological polar surface area (TPSA) is 55.7 Å². The molecule has 0 spiro atoms. The van der Waals surface area contributed by atoms with E-state index in [1.807, 2.05) is 24.3 Å². The van der Waals surface area contributed by atoms with E-state index in [1.165, 1.54) is 11.1 Å².